The molecule has 0 aromatic rings. The normalized spacial score (nSPS) is 9.64. The average molecular weight is 162 g/mol. The highest BCUT2D eigenvalue weighted by molar-refractivity contribution is 5.70. The fourth-order valence-corrected chi connectivity index (χ4v) is 0.458. The van der Waals surface area contributed by atoms with E-state index in [1.165, 1.54) is 0 Å². The molecule has 0 aliphatic carbocycles. The Morgan fingerprint density at radius 1 is 1.55 bits per heavy atom. The minimum Gasteiger partial charge on any atom is -0.437 e. The second-order valence-electron chi connectivity index (χ2n) is 2.05. The van der Waals surface area contributed by atoms with E-state index in [4.69, 9.17) is 9.84 Å². The number of aliphatic hydroxyl groups is 1. The maximum absolute atomic E-state index is 10.3. The first-order valence-corrected chi connectivity index (χ1v) is 3.65. The molecule has 0 radical (unpaired) electrons. The van der Waals surface area contributed by atoms with Crippen molar-refractivity contribution in [1.29, 1.82) is 0 Å². The maximum Gasteiger partial charge on any atom is 0.333 e. The molecule has 4 nitrogen and oxygen atoms in total. The van der Waals surface area contributed by atoms with E-state index < -0.39 is 12.6 Å². The molecule has 1 N–H and O–H groups in total. The summed E-state index contributed by atoms with van der Waals surface area (Å²) in [6, 6.07) is 0. The van der Waals surface area contributed by atoms with Crippen LogP contribution in [0.15, 0.2) is 0 Å². The summed E-state index contributed by atoms with van der Waals surface area (Å²) in [4.78, 5) is 10.3. The van der Waals surface area contributed by atoms with Crippen molar-refractivity contribution in [3.63, 3.8) is 0 Å². The molecule has 0 rings (SSSR count). The van der Waals surface area contributed by atoms with Gasteiger partial charge in [0.05, 0.1) is 6.61 Å². The third kappa shape index (κ3) is 7.29. The Labute approximate surface area is 66.1 Å². The molecule has 0 aliphatic rings. The van der Waals surface area contributed by atoms with E-state index in [-0.39, 0.29) is 6.79 Å². The highest BCUT2D eigenvalue weighted by Crippen LogP contribution is 1.88. The van der Waals surface area contributed by atoms with Crippen molar-refractivity contribution in [3.8, 4) is 0 Å². The largest absolute Gasteiger partial charge is 0.437 e. The van der Waals surface area contributed by atoms with E-state index in [0.29, 0.717) is 6.61 Å². The van der Waals surface area contributed by atoms with Gasteiger partial charge in [0.1, 0.15) is 6.61 Å². The molecule has 0 heterocycles. The summed E-state index contributed by atoms with van der Waals surface area (Å²) in [7, 11) is 0. The van der Waals surface area contributed by atoms with E-state index in [1.54, 1.807) is 0 Å². The van der Waals surface area contributed by atoms with Crippen molar-refractivity contribution in [3.05, 3.63) is 0 Å². The zero-order chi connectivity index (χ0) is 8.53. The molecule has 0 aromatic heterocycles. The van der Waals surface area contributed by atoms with Crippen molar-refractivity contribution < 1.29 is 19.4 Å². The number of hydrogen-bond acceptors (Lipinski definition) is 4. The molecule has 0 atom stereocenters. The lowest BCUT2D eigenvalue weighted by Gasteiger charge is -2.02. The molecule has 0 unspecified atom stereocenters. The van der Waals surface area contributed by atoms with Gasteiger partial charge in [0.25, 0.3) is 0 Å². The maximum atomic E-state index is 10.3. The monoisotopic (exact) mass is 162 g/mol. The second-order valence-corrected chi connectivity index (χ2v) is 2.05. The molecular weight excluding hydrogens is 148 g/mol. The fourth-order valence-electron chi connectivity index (χ4n) is 0.458. The van der Waals surface area contributed by atoms with Crippen LogP contribution in [0.3, 0.4) is 0 Å². The molecule has 0 saturated carbocycles. The lowest BCUT2D eigenvalue weighted by Crippen LogP contribution is -2.12. The van der Waals surface area contributed by atoms with Gasteiger partial charge in [0.2, 0.25) is 0 Å². The number of hydrogen-bond donors (Lipinski definition) is 1. The Morgan fingerprint density at radius 3 is 2.82 bits per heavy atom. The Bertz CT molecular complexity index is 103. The zero-order valence-corrected chi connectivity index (χ0v) is 6.71. The van der Waals surface area contributed by atoms with Gasteiger partial charge < -0.3 is 14.6 Å². The third-order valence-electron chi connectivity index (χ3n) is 1.07. The fraction of sp³-hybridized carbons (Fsp3) is 0.857. The van der Waals surface area contributed by atoms with E-state index in [2.05, 4.69) is 4.74 Å². The minimum absolute atomic E-state index is 0.0562. The van der Waals surface area contributed by atoms with Gasteiger partial charge in [0.15, 0.2) is 6.79 Å². The van der Waals surface area contributed by atoms with Crippen molar-refractivity contribution in [2.24, 2.45) is 0 Å². The predicted octanol–water partition coefficient (Wildman–Crippen LogP) is 0.296. The first kappa shape index (κ1) is 10.4. The Kier molecular flexibility index (Phi) is 7.08. The Balaban J connectivity index is 2.95. The molecule has 66 valence electrons. The molecule has 4 heteroatoms. The summed E-state index contributed by atoms with van der Waals surface area (Å²) >= 11 is 0. The number of esters is 1. The summed E-state index contributed by atoms with van der Waals surface area (Å²) in [5.74, 6) is -0.651. The van der Waals surface area contributed by atoms with E-state index in [0.717, 1.165) is 12.8 Å². The SMILES string of the molecule is CCCCOCOC(=O)CO. The topological polar surface area (TPSA) is 55.8 Å². The second kappa shape index (κ2) is 7.50. The number of rotatable bonds is 6. The summed E-state index contributed by atoms with van der Waals surface area (Å²) in [5, 5.41) is 8.21. The van der Waals surface area contributed by atoms with Crippen molar-refractivity contribution in [2.45, 2.75) is 19.8 Å². The molecule has 0 amide bonds. The van der Waals surface area contributed by atoms with Gasteiger partial charge in [-0.2, -0.15) is 0 Å². The van der Waals surface area contributed by atoms with E-state index >= 15 is 0 Å². The van der Waals surface area contributed by atoms with Crippen LogP contribution in [0.2, 0.25) is 0 Å². The van der Waals surface area contributed by atoms with Gasteiger partial charge in [-0.25, -0.2) is 4.79 Å². The molecule has 11 heavy (non-hydrogen) atoms. The van der Waals surface area contributed by atoms with Gasteiger partial charge >= 0.3 is 5.97 Å². The van der Waals surface area contributed by atoms with Crippen molar-refractivity contribution in [1.82, 2.24) is 0 Å². The molecule has 0 bridgehead atoms. The zero-order valence-electron chi connectivity index (χ0n) is 6.71. The van der Waals surface area contributed by atoms with Gasteiger partial charge in [-0.3, -0.25) is 0 Å². The summed E-state index contributed by atoms with van der Waals surface area (Å²) in [6.07, 6.45) is 2.00. The van der Waals surface area contributed by atoms with Crippen LogP contribution in [-0.4, -0.2) is 31.1 Å². The lowest BCUT2D eigenvalue weighted by molar-refractivity contribution is -0.159. The predicted molar refractivity (Wildman–Crippen MR) is 38.9 cm³/mol. The van der Waals surface area contributed by atoms with Crippen molar-refractivity contribution >= 4 is 5.97 Å². The highest BCUT2D eigenvalue weighted by Gasteiger charge is 1.97. The van der Waals surface area contributed by atoms with Crippen molar-refractivity contribution in [2.75, 3.05) is 20.0 Å². The first-order chi connectivity index (χ1) is 5.31. The van der Waals surface area contributed by atoms with Crippen LogP contribution in [0.1, 0.15) is 19.8 Å². The Hall–Kier alpha value is -0.610. The molecule has 0 fully saturated rings. The molecule has 0 aromatic carbocycles. The van der Waals surface area contributed by atoms with Gasteiger partial charge in [0, 0.05) is 0 Å². The first-order valence-electron chi connectivity index (χ1n) is 3.65. The summed E-state index contributed by atoms with van der Waals surface area (Å²) in [5.41, 5.74) is 0. The Morgan fingerprint density at radius 2 is 2.27 bits per heavy atom. The standard InChI is InChI=1S/C7H14O4/c1-2-3-4-10-6-11-7(9)5-8/h8H,2-6H2,1H3. The summed E-state index contributed by atoms with van der Waals surface area (Å²) in [6.45, 7) is 1.99. The van der Waals surface area contributed by atoms with Crippen LogP contribution < -0.4 is 0 Å². The molecule has 0 spiro atoms. The number of carbonyl (C=O) groups is 1. The van der Waals surface area contributed by atoms with Crippen LogP contribution in [0.5, 0.6) is 0 Å². The van der Waals surface area contributed by atoms with Crippen LogP contribution in [0, 0.1) is 0 Å². The highest BCUT2D eigenvalue weighted by atomic mass is 16.7. The number of carbonyl (C=O) groups excluding carboxylic acids is 1. The van der Waals surface area contributed by atoms with E-state index in [1.807, 2.05) is 6.92 Å². The molecule has 0 aliphatic heterocycles. The number of ether oxygens (including phenoxy) is 2. The number of aliphatic hydroxyl groups excluding tert-OH is 1. The quantitative estimate of drug-likeness (QED) is 0.346. The minimum atomic E-state index is -0.651. The van der Waals surface area contributed by atoms with Crippen LogP contribution in [0.25, 0.3) is 0 Å². The van der Waals surface area contributed by atoms with Crippen LogP contribution in [0.4, 0.5) is 0 Å². The van der Waals surface area contributed by atoms with E-state index in [9.17, 15) is 4.79 Å². The lowest BCUT2D eigenvalue weighted by atomic mass is 10.4. The van der Waals surface area contributed by atoms with Gasteiger partial charge in [-0.15, -0.1) is 0 Å². The number of unbranched alkanes of at least 4 members (excludes halogenated alkanes) is 1. The van der Waals surface area contributed by atoms with Crippen LogP contribution >= 0.6 is 0 Å². The summed E-state index contributed by atoms with van der Waals surface area (Å²) < 4.78 is 9.32. The van der Waals surface area contributed by atoms with Crippen LogP contribution in [-0.2, 0) is 14.3 Å². The smallest absolute Gasteiger partial charge is 0.333 e. The third-order valence-corrected chi connectivity index (χ3v) is 1.07. The molecular formula is C7H14O4. The van der Waals surface area contributed by atoms with Gasteiger partial charge in [-0.1, -0.05) is 13.3 Å². The van der Waals surface area contributed by atoms with Gasteiger partial charge in [-0.05, 0) is 6.42 Å². The average Bonchev–Trinajstić information content (AvgIpc) is 2.04. The molecule has 0 saturated heterocycles.